The molecule has 0 saturated carbocycles. The minimum atomic E-state index is 0.298. The fourth-order valence-corrected chi connectivity index (χ4v) is 4.30. The Balaban J connectivity index is 1.11. The first-order valence-electron chi connectivity index (χ1n) is 11.1. The van der Waals surface area contributed by atoms with Crippen molar-refractivity contribution >= 4 is 11.6 Å². The quantitative estimate of drug-likeness (QED) is 0.742. The van der Waals surface area contributed by atoms with Crippen molar-refractivity contribution in [2.75, 3.05) is 63.8 Å². The average Bonchev–Trinajstić information content (AvgIpc) is 3.20. The minimum absolute atomic E-state index is 0.298. The third kappa shape index (κ3) is 5.58. The number of benzene rings is 1. The van der Waals surface area contributed by atoms with Crippen molar-refractivity contribution in [2.24, 2.45) is 0 Å². The summed E-state index contributed by atoms with van der Waals surface area (Å²) >= 11 is 0. The number of para-hydroxylation sites is 1. The summed E-state index contributed by atoms with van der Waals surface area (Å²) in [5.74, 6) is 1.98. The predicted octanol–water partition coefficient (Wildman–Crippen LogP) is 1.36. The Morgan fingerprint density at radius 2 is 1.67 bits per heavy atom. The summed E-state index contributed by atoms with van der Waals surface area (Å²) in [7, 11) is 0. The fourth-order valence-electron chi connectivity index (χ4n) is 4.30. The zero-order valence-electron chi connectivity index (χ0n) is 18.0. The minimum Gasteiger partial charge on any atom is -0.369 e. The maximum atomic E-state index is 12.6. The second-order valence-electron chi connectivity index (χ2n) is 8.26. The molecule has 162 valence electrons. The van der Waals surface area contributed by atoms with E-state index in [0.717, 1.165) is 83.5 Å². The third-order valence-corrected chi connectivity index (χ3v) is 6.09. The van der Waals surface area contributed by atoms with Crippen LogP contribution in [-0.2, 0) is 11.3 Å². The van der Waals surface area contributed by atoms with Crippen LogP contribution in [0.4, 0.5) is 5.69 Å². The van der Waals surface area contributed by atoms with Gasteiger partial charge < -0.3 is 9.80 Å². The second kappa shape index (κ2) is 10.0. The number of amides is 1. The van der Waals surface area contributed by atoms with E-state index in [4.69, 9.17) is 0 Å². The Kier molecular flexibility index (Phi) is 6.96. The first kappa shape index (κ1) is 20.8. The van der Waals surface area contributed by atoms with Crippen molar-refractivity contribution in [2.45, 2.75) is 26.3 Å². The van der Waals surface area contributed by atoms with Gasteiger partial charge >= 0.3 is 0 Å². The van der Waals surface area contributed by atoms with Crippen LogP contribution in [0.25, 0.3) is 0 Å². The van der Waals surface area contributed by atoms with Crippen molar-refractivity contribution in [3.05, 3.63) is 42.0 Å². The normalized spacial score (nSPS) is 18.7. The summed E-state index contributed by atoms with van der Waals surface area (Å²) in [6.07, 6.45) is 1.60. The molecule has 3 heterocycles. The molecular weight excluding hydrogens is 378 g/mol. The number of piperazine rings is 2. The molecule has 0 unspecified atom stereocenters. The molecule has 2 saturated heterocycles. The number of nitrogens with one attached hydrogen (secondary N) is 1. The maximum absolute atomic E-state index is 12.6. The highest BCUT2D eigenvalue weighted by molar-refractivity contribution is 5.76. The smallest absolute Gasteiger partial charge is 0.222 e. The van der Waals surface area contributed by atoms with E-state index >= 15 is 0 Å². The van der Waals surface area contributed by atoms with Crippen molar-refractivity contribution < 1.29 is 4.79 Å². The number of hydrogen-bond acceptors (Lipinski definition) is 6. The molecule has 8 nitrogen and oxygen atoms in total. The van der Waals surface area contributed by atoms with Crippen LogP contribution in [0, 0.1) is 6.92 Å². The molecule has 1 aromatic heterocycles. The van der Waals surface area contributed by atoms with Crippen LogP contribution in [0.15, 0.2) is 30.3 Å². The lowest BCUT2D eigenvalue weighted by atomic mass is 10.2. The number of hydrogen-bond donors (Lipinski definition) is 1. The Morgan fingerprint density at radius 1 is 0.967 bits per heavy atom. The zero-order chi connectivity index (χ0) is 20.8. The molecule has 1 N–H and O–H groups in total. The summed E-state index contributed by atoms with van der Waals surface area (Å²) in [4.78, 5) is 26.2. The SMILES string of the molecule is Cc1nc(CN2CCN(C(=O)CCCN3CCN(c4ccccc4)CC3)CC2)n[nH]1. The molecule has 4 rings (SSSR count). The highest BCUT2D eigenvalue weighted by atomic mass is 16.2. The van der Waals surface area contributed by atoms with Crippen molar-refractivity contribution in [1.82, 2.24) is 29.9 Å². The number of carbonyl (C=O) groups is 1. The standard InChI is InChI=1S/C22H33N7O/c1-19-23-21(25-24-19)18-27-12-16-29(17-13-27)22(30)8-5-9-26-10-14-28(15-11-26)20-6-3-2-4-7-20/h2-4,6-7H,5,8-18H2,1H3,(H,23,24,25). The number of aryl methyl sites for hydroxylation is 1. The Bertz CT molecular complexity index is 793. The zero-order valence-corrected chi connectivity index (χ0v) is 18.0. The summed E-state index contributed by atoms with van der Waals surface area (Å²) in [5, 5.41) is 7.09. The molecule has 2 fully saturated rings. The van der Waals surface area contributed by atoms with E-state index < -0.39 is 0 Å². The molecule has 1 amide bonds. The topological polar surface area (TPSA) is 71.6 Å². The van der Waals surface area contributed by atoms with Crippen LogP contribution < -0.4 is 4.90 Å². The molecule has 0 bridgehead atoms. The lowest BCUT2D eigenvalue weighted by molar-refractivity contribution is -0.133. The van der Waals surface area contributed by atoms with Gasteiger partial charge in [-0.3, -0.25) is 19.7 Å². The molecule has 2 aliphatic heterocycles. The lowest BCUT2D eigenvalue weighted by Gasteiger charge is -2.36. The van der Waals surface area contributed by atoms with E-state index in [0.29, 0.717) is 12.3 Å². The summed E-state index contributed by atoms with van der Waals surface area (Å²) < 4.78 is 0. The van der Waals surface area contributed by atoms with Crippen LogP contribution in [0.5, 0.6) is 0 Å². The fraction of sp³-hybridized carbons (Fsp3) is 0.591. The second-order valence-corrected chi connectivity index (χ2v) is 8.26. The van der Waals surface area contributed by atoms with E-state index in [1.165, 1.54) is 5.69 Å². The number of H-pyrrole nitrogens is 1. The van der Waals surface area contributed by atoms with Gasteiger partial charge in [-0.2, -0.15) is 5.10 Å². The van der Waals surface area contributed by atoms with Crippen LogP contribution >= 0.6 is 0 Å². The van der Waals surface area contributed by atoms with Crippen molar-refractivity contribution in [3.8, 4) is 0 Å². The molecule has 0 spiro atoms. The van der Waals surface area contributed by atoms with Gasteiger partial charge in [0.2, 0.25) is 5.91 Å². The van der Waals surface area contributed by atoms with Crippen LogP contribution in [0.2, 0.25) is 0 Å². The first-order valence-corrected chi connectivity index (χ1v) is 11.1. The van der Waals surface area contributed by atoms with Gasteiger partial charge in [-0.15, -0.1) is 0 Å². The van der Waals surface area contributed by atoms with Crippen LogP contribution in [0.1, 0.15) is 24.5 Å². The monoisotopic (exact) mass is 411 g/mol. The summed E-state index contributed by atoms with van der Waals surface area (Å²) in [5.41, 5.74) is 1.31. The van der Waals surface area contributed by atoms with Crippen LogP contribution in [0.3, 0.4) is 0 Å². The van der Waals surface area contributed by atoms with Gasteiger partial charge in [0.1, 0.15) is 5.82 Å². The Morgan fingerprint density at radius 3 is 2.33 bits per heavy atom. The van der Waals surface area contributed by atoms with Gasteiger partial charge in [0.05, 0.1) is 6.54 Å². The van der Waals surface area contributed by atoms with E-state index in [2.05, 4.69) is 60.2 Å². The molecule has 2 aromatic rings. The van der Waals surface area contributed by atoms with E-state index in [9.17, 15) is 4.79 Å². The van der Waals surface area contributed by atoms with Crippen LogP contribution in [-0.4, -0.2) is 94.7 Å². The number of rotatable bonds is 7. The summed E-state index contributed by atoms with van der Waals surface area (Å²) in [6, 6.07) is 10.6. The van der Waals surface area contributed by atoms with Gasteiger partial charge in [0, 0.05) is 64.5 Å². The van der Waals surface area contributed by atoms with E-state index in [-0.39, 0.29) is 0 Å². The number of aromatic amines is 1. The molecule has 2 aliphatic rings. The highest BCUT2D eigenvalue weighted by Crippen LogP contribution is 2.16. The van der Waals surface area contributed by atoms with Crippen molar-refractivity contribution in [1.29, 1.82) is 0 Å². The molecule has 30 heavy (non-hydrogen) atoms. The van der Waals surface area contributed by atoms with Gasteiger partial charge in [-0.05, 0) is 32.0 Å². The van der Waals surface area contributed by atoms with Gasteiger partial charge in [-0.1, -0.05) is 18.2 Å². The van der Waals surface area contributed by atoms with Crippen molar-refractivity contribution in [3.63, 3.8) is 0 Å². The number of anilines is 1. The summed E-state index contributed by atoms with van der Waals surface area (Å²) in [6.45, 7) is 11.3. The molecule has 0 aliphatic carbocycles. The Hall–Kier alpha value is -2.45. The molecule has 8 heteroatoms. The molecule has 0 radical (unpaired) electrons. The number of aromatic nitrogens is 3. The Labute approximate surface area is 178 Å². The van der Waals surface area contributed by atoms with Gasteiger partial charge in [0.15, 0.2) is 5.82 Å². The lowest BCUT2D eigenvalue weighted by Crippen LogP contribution is -2.49. The van der Waals surface area contributed by atoms with E-state index in [1.54, 1.807) is 0 Å². The highest BCUT2D eigenvalue weighted by Gasteiger charge is 2.22. The first-order chi connectivity index (χ1) is 14.7. The number of carbonyl (C=O) groups excluding carboxylic acids is 1. The third-order valence-electron chi connectivity index (χ3n) is 6.09. The predicted molar refractivity (Wildman–Crippen MR) is 117 cm³/mol. The molecule has 0 atom stereocenters. The van der Waals surface area contributed by atoms with E-state index in [1.807, 2.05) is 11.8 Å². The maximum Gasteiger partial charge on any atom is 0.222 e. The van der Waals surface area contributed by atoms with Gasteiger partial charge in [-0.25, -0.2) is 4.98 Å². The molecule has 1 aromatic carbocycles. The molecular formula is C22H33N7O. The number of nitrogens with zero attached hydrogens (tertiary/aromatic N) is 6. The average molecular weight is 412 g/mol. The van der Waals surface area contributed by atoms with Gasteiger partial charge in [0.25, 0.3) is 0 Å². The largest absolute Gasteiger partial charge is 0.369 e.